The molecule has 2 aliphatic carbocycles. The van der Waals surface area contributed by atoms with Crippen LogP contribution in [-0.4, -0.2) is 11.2 Å². The number of hydrogen-bond donors (Lipinski definition) is 1. The summed E-state index contributed by atoms with van der Waals surface area (Å²) in [6, 6.07) is 2.18. The van der Waals surface area contributed by atoms with Gasteiger partial charge in [-0.25, -0.2) is 0 Å². The van der Waals surface area contributed by atoms with Crippen LogP contribution in [0.4, 0.5) is 0 Å². The largest absolute Gasteiger partial charge is 0.380 e. The van der Waals surface area contributed by atoms with E-state index >= 15 is 0 Å². The molecule has 0 aromatic heterocycles. The summed E-state index contributed by atoms with van der Waals surface area (Å²) < 4.78 is 0. The van der Waals surface area contributed by atoms with Crippen molar-refractivity contribution in [2.24, 2.45) is 11.3 Å². The maximum atomic E-state index is 9.39. The molecule has 0 aromatic rings. The minimum absolute atomic E-state index is 0.379. The Hall–Kier alpha value is -0.990. The van der Waals surface area contributed by atoms with E-state index < -0.39 is 6.10 Å². The third-order valence-electron chi connectivity index (χ3n) is 2.49. The molecule has 0 aromatic carbocycles. The van der Waals surface area contributed by atoms with Crippen LogP contribution in [0, 0.1) is 34.5 Å². The van der Waals surface area contributed by atoms with E-state index in [9.17, 15) is 5.11 Å². The fourth-order valence-electron chi connectivity index (χ4n) is 1.13. The van der Waals surface area contributed by atoms with Crippen LogP contribution in [0.2, 0.25) is 0 Å². The molecule has 2 nitrogen and oxygen atoms in total. The number of aliphatic hydroxyl groups excluding tert-OH is 1. The first-order valence-electron chi connectivity index (χ1n) is 4.38. The highest BCUT2D eigenvalue weighted by atomic mass is 16.3. The molecule has 0 bridgehead atoms. The van der Waals surface area contributed by atoms with Crippen molar-refractivity contribution >= 4 is 0 Å². The highest BCUT2D eigenvalue weighted by Crippen LogP contribution is 2.44. The monoisotopic (exact) mass is 161 g/mol. The zero-order valence-electron chi connectivity index (χ0n) is 6.88. The molecule has 1 N–H and O–H groups in total. The predicted molar refractivity (Wildman–Crippen MR) is 43.8 cm³/mol. The van der Waals surface area contributed by atoms with Crippen LogP contribution in [0.1, 0.15) is 25.7 Å². The maximum absolute atomic E-state index is 9.39. The molecular weight excluding hydrogens is 150 g/mol. The zero-order valence-corrected chi connectivity index (χ0v) is 6.88. The Bertz CT molecular complexity index is 283. The van der Waals surface area contributed by atoms with Crippen molar-refractivity contribution in [2.75, 3.05) is 0 Å². The number of nitrogens with zero attached hydrogens (tertiary/aromatic N) is 1. The first-order valence-corrected chi connectivity index (χ1v) is 4.38. The Morgan fingerprint density at radius 1 is 1.42 bits per heavy atom. The molecule has 0 radical (unpaired) electrons. The number of hydrogen-bond acceptors (Lipinski definition) is 2. The summed E-state index contributed by atoms with van der Waals surface area (Å²) in [7, 11) is 0. The summed E-state index contributed by atoms with van der Waals surface area (Å²) >= 11 is 0. The van der Waals surface area contributed by atoms with Crippen LogP contribution >= 0.6 is 0 Å². The second kappa shape index (κ2) is 2.51. The van der Waals surface area contributed by atoms with E-state index in [4.69, 9.17) is 5.26 Å². The lowest BCUT2D eigenvalue weighted by molar-refractivity contribution is 0.209. The average Bonchev–Trinajstić information content (AvgIpc) is 2.94. The van der Waals surface area contributed by atoms with Gasteiger partial charge in [0.1, 0.15) is 11.5 Å². The van der Waals surface area contributed by atoms with Gasteiger partial charge in [-0.3, -0.25) is 0 Å². The topological polar surface area (TPSA) is 44.0 Å². The fraction of sp³-hybridized carbons (Fsp3) is 0.700. The molecule has 62 valence electrons. The summed E-state index contributed by atoms with van der Waals surface area (Å²) in [6.07, 6.45) is 3.47. The molecular formula is C10H11NO. The van der Waals surface area contributed by atoms with Crippen molar-refractivity contribution in [3.05, 3.63) is 0 Å². The van der Waals surface area contributed by atoms with E-state index in [0.29, 0.717) is 5.92 Å². The Labute approximate surface area is 72.2 Å². The first-order chi connectivity index (χ1) is 5.76. The van der Waals surface area contributed by atoms with Crippen LogP contribution in [0.3, 0.4) is 0 Å². The van der Waals surface area contributed by atoms with Crippen molar-refractivity contribution in [1.82, 2.24) is 0 Å². The lowest BCUT2D eigenvalue weighted by Gasteiger charge is -1.97. The first kappa shape index (κ1) is 7.65. The summed E-state index contributed by atoms with van der Waals surface area (Å²) in [5.41, 5.74) is -0.379. The van der Waals surface area contributed by atoms with Gasteiger partial charge in [-0.1, -0.05) is 11.8 Å². The van der Waals surface area contributed by atoms with Crippen molar-refractivity contribution < 1.29 is 5.11 Å². The van der Waals surface area contributed by atoms with Gasteiger partial charge in [0.05, 0.1) is 6.07 Å². The molecule has 0 heterocycles. The van der Waals surface area contributed by atoms with E-state index in [1.807, 2.05) is 0 Å². The molecule has 2 heteroatoms. The van der Waals surface area contributed by atoms with Gasteiger partial charge in [0.15, 0.2) is 0 Å². The molecule has 0 amide bonds. The molecule has 1 atom stereocenters. The number of nitriles is 1. The van der Waals surface area contributed by atoms with Gasteiger partial charge < -0.3 is 5.11 Å². The number of aliphatic hydroxyl groups is 1. The number of rotatable bonds is 1. The second-order valence-electron chi connectivity index (χ2n) is 3.75. The van der Waals surface area contributed by atoms with Crippen molar-refractivity contribution in [3.8, 4) is 17.9 Å². The third kappa shape index (κ3) is 1.44. The Morgan fingerprint density at radius 3 is 2.50 bits per heavy atom. The smallest absolute Gasteiger partial charge is 0.118 e. The lowest BCUT2D eigenvalue weighted by atomic mass is 10.1. The van der Waals surface area contributed by atoms with Crippen LogP contribution in [0.15, 0.2) is 0 Å². The van der Waals surface area contributed by atoms with Gasteiger partial charge in [-0.05, 0) is 31.6 Å². The van der Waals surface area contributed by atoms with Crippen molar-refractivity contribution in [3.63, 3.8) is 0 Å². The van der Waals surface area contributed by atoms with Crippen LogP contribution in [0.5, 0.6) is 0 Å². The Kier molecular flexibility index (Phi) is 1.60. The van der Waals surface area contributed by atoms with E-state index in [2.05, 4.69) is 17.9 Å². The van der Waals surface area contributed by atoms with E-state index in [0.717, 1.165) is 25.7 Å². The summed E-state index contributed by atoms with van der Waals surface area (Å²) in [4.78, 5) is 0. The minimum Gasteiger partial charge on any atom is -0.380 e. The van der Waals surface area contributed by atoms with Crippen LogP contribution in [-0.2, 0) is 0 Å². The van der Waals surface area contributed by atoms with Crippen LogP contribution in [0.25, 0.3) is 0 Å². The van der Waals surface area contributed by atoms with Crippen molar-refractivity contribution in [2.45, 2.75) is 31.8 Å². The predicted octanol–water partition coefficient (Wildman–Crippen LogP) is 1.06. The quantitative estimate of drug-likeness (QED) is 0.584. The summed E-state index contributed by atoms with van der Waals surface area (Å²) in [6.45, 7) is 0. The highest BCUT2D eigenvalue weighted by Gasteiger charge is 2.42. The maximum Gasteiger partial charge on any atom is 0.118 e. The van der Waals surface area contributed by atoms with Gasteiger partial charge in [0.25, 0.3) is 0 Å². The zero-order chi connectivity index (χ0) is 8.60. The summed E-state index contributed by atoms with van der Waals surface area (Å²) in [5, 5.41) is 18.1. The normalized spacial score (nSPS) is 26.3. The molecule has 12 heavy (non-hydrogen) atoms. The highest BCUT2D eigenvalue weighted by molar-refractivity contribution is 5.30. The van der Waals surface area contributed by atoms with Crippen molar-refractivity contribution in [1.29, 1.82) is 5.26 Å². The van der Waals surface area contributed by atoms with Crippen LogP contribution < -0.4 is 0 Å². The molecule has 2 fully saturated rings. The van der Waals surface area contributed by atoms with E-state index in [1.165, 1.54) is 0 Å². The molecule has 0 saturated heterocycles. The van der Waals surface area contributed by atoms with E-state index in [-0.39, 0.29) is 5.41 Å². The van der Waals surface area contributed by atoms with Gasteiger partial charge in [0, 0.05) is 0 Å². The molecule has 2 aliphatic rings. The van der Waals surface area contributed by atoms with Gasteiger partial charge in [-0.2, -0.15) is 5.26 Å². The van der Waals surface area contributed by atoms with Gasteiger partial charge in [0.2, 0.25) is 0 Å². The molecule has 1 unspecified atom stereocenters. The molecule has 2 rings (SSSR count). The third-order valence-corrected chi connectivity index (χ3v) is 2.49. The summed E-state index contributed by atoms with van der Waals surface area (Å²) in [5.74, 6) is 6.06. The van der Waals surface area contributed by atoms with Gasteiger partial charge >= 0.3 is 0 Å². The molecule has 0 spiro atoms. The van der Waals surface area contributed by atoms with Gasteiger partial charge in [-0.15, -0.1) is 0 Å². The minimum atomic E-state index is -0.476. The fourth-order valence-corrected chi connectivity index (χ4v) is 1.13. The SMILES string of the molecule is N#CC1(C#CC(O)C2CC2)CC1. The molecule has 0 aliphatic heterocycles. The van der Waals surface area contributed by atoms with E-state index in [1.54, 1.807) is 0 Å². The Balaban J connectivity index is 1.95. The molecule has 2 saturated carbocycles. The standard InChI is InChI=1S/C10H11NO/c11-7-10(5-6-10)4-3-9(12)8-1-2-8/h8-9,12H,1-2,5-6H2. The lowest BCUT2D eigenvalue weighted by Crippen LogP contribution is -2.05. The second-order valence-corrected chi connectivity index (χ2v) is 3.75. The Morgan fingerprint density at radius 2 is 2.08 bits per heavy atom. The average molecular weight is 161 g/mol.